The third kappa shape index (κ3) is 4.84. The third-order valence-electron chi connectivity index (χ3n) is 3.13. The molecule has 1 aromatic carbocycles. The lowest BCUT2D eigenvalue weighted by atomic mass is 9.95. The van der Waals surface area contributed by atoms with Crippen molar-refractivity contribution in [3.05, 3.63) is 34.9 Å². The van der Waals surface area contributed by atoms with E-state index in [1.54, 1.807) is 0 Å². The van der Waals surface area contributed by atoms with E-state index in [0.717, 1.165) is 12.0 Å². The Hall–Kier alpha value is -1.06. The summed E-state index contributed by atoms with van der Waals surface area (Å²) in [5.41, 5.74) is 6.90. The summed E-state index contributed by atoms with van der Waals surface area (Å²) in [6.07, 6.45) is 1.61. The molecule has 4 heteroatoms. The molecular weight excluding hydrogens is 260 g/mol. The second-order valence-electron chi connectivity index (χ2n) is 5.18. The summed E-state index contributed by atoms with van der Waals surface area (Å²) in [7, 11) is 0. The van der Waals surface area contributed by atoms with Gasteiger partial charge in [-0.3, -0.25) is 4.79 Å². The van der Waals surface area contributed by atoms with Crippen LogP contribution in [0.3, 0.4) is 0 Å². The Labute approximate surface area is 120 Å². The second kappa shape index (κ2) is 7.51. The van der Waals surface area contributed by atoms with Crippen molar-refractivity contribution in [3.63, 3.8) is 0 Å². The van der Waals surface area contributed by atoms with E-state index in [0.29, 0.717) is 17.4 Å². The predicted octanol–water partition coefficient (Wildman–Crippen LogP) is 3.28. The molecule has 1 rings (SSSR count). The van der Waals surface area contributed by atoms with E-state index in [-0.39, 0.29) is 11.9 Å². The topological polar surface area (TPSA) is 55.1 Å². The molecular formula is C15H23ClN2O. The average Bonchev–Trinajstić information content (AvgIpc) is 2.37. The van der Waals surface area contributed by atoms with Gasteiger partial charge in [0.1, 0.15) is 0 Å². The first-order valence-corrected chi connectivity index (χ1v) is 7.15. The van der Waals surface area contributed by atoms with E-state index in [1.165, 1.54) is 0 Å². The molecule has 1 amide bonds. The highest BCUT2D eigenvalue weighted by Crippen LogP contribution is 2.23. The molecule has 0 fully saturated rings. The molecule has 0 saturated carbocycles. The third-order valence-corrected chi connectivity index (χ3v) is 3.38. The van der Waals surface area contributed by atoms with Gasteiger partial charge in [-0.05, 0) is 30.0 Å². The van der Waals surface area contributed by atoms with E-state index in [9.17, 15) is 4.79 Å². The van der Waals surface area contributed by atoms with E-state index in [2.05, 4.69) is 19.2 Å². The van der Waals surface area contributed by atoms with Gasteiger partial charge in [0.2, 0.25) is 5.91 Å². The Morgan fingerprint density at radius 3 is 2.37 bits per heavy atom. The van der Waals surface area contributed by atoms with Gasteiger partial charge in [-0.2, -0.15) is 0 Å². The number of carbonyl (C=O) groups excluding carboxylic acids is 1. The van der Waals surface area contributed by atoms with Crippen molar-refractivity contribution in [2.45, 2.75) is 45.7 Å². The molecule has 1 unspecified atom stereocenters. The van der Waals surface area contributed by atoms with Crippen LogP contribution in [0, 0.1) is 5.92 Å². The fourth-order valence-corrected chi connectivity index (χ4v) is 2.13. The SMILES string of the molecule is CCC[C@H](N)C(=O)NC(c1ccc(Cl)cc1)C(C)C. The van der Waals surface area contributed by atoms with Crippen molar-refractivity contribution in [1.82, 2.24) is 5.32 Å². The largest absolute Gasteiger partial charge is 0.348 e. The number of rotatable bonds is 6. The van der Waals surface area contributed by atoms with E-state index in [4.69, 9.17) is 17.3 Å². The Morgan fingerprint density at radius 2 is 1.89 bits per heavy atom. The van der Waals surface area contributed by atoms with Crippen molar-refractivity contribution >= 4 is 17.5 Å². The van der Waals surface area contributed by atoms with Gasteiger partial charge in [0, 0.05) is 5.02 Å². The zero-order valence-corrected chi connectivity index (χ0v) is 12.6. The molecule has 19 heavy (non-hydrogen) atoms. The maximum Gasteiger partial charge on any atom is 0.237 e. The van der Waals surface area contributed by atoms with Crippen LogP contribution in [0.25, 0.3) is 0 Å². The summed E-state index contributed by atoms with van der Waals surface area (Å²) in [4.78, 5) is 12.0. The molecule has 0 aromatic heterocycles. The van der Waals surface area contributed by atoms with Crippen LogP contribution in [0.2, 0.25) is 5.02 Å². The summed E-state index contributed by atoms with van der Waals surface area (Å²) in [5, 5.41) is 3.72. The average molecular weight is 283 g/mol. The van der Waals surface area contributed by atoms with Crippen LogP contribution in [-0.2, 0) is 4.79 Å². The van der Waals surface area contributed by atoms with Crippen molar-refractivity contribution in [1.29, 1.82) is 0 Å². The summed E-state index contributed by atoms with van der Waals surface area (Å²) in [6, 6.07) is 7.10. The lowest BCUT2D eigenvalue weighted by molar-refractivity contribution is -0.123. The van der Waals surface area contributed by atoms with Crippen molar-refractivity contribution < 1.29 is 4.79 Å². The van der Waals surface area contributed by atoms with Crippen LogP contribution in [0.5, 0.6) is 0 Å². The Bertz CT molecular complexity index is 403. The fraction of sp³-hybridized carbons (Fsp3) is 0.533. The first-order valence-electron chi connectivity index (χ1n) is 6.77. The van der Waals surface area contributed by atoms with Crippen LogP contribution in [0.4, 0.5) is 0 Å². The summed E-state index contributed by atoms with van der Waals surface area (Å²) in [6.45, 7) is 6.17. The molecule has 0 heterocycles. The summed E-state index contributed by atoms with van der Waals surface area (Å²) < 4.78 is 0. The maximum atomic E-state index is 12.0. The summed E-state index contributed by atoms with van der Waals surface area (Å²) >= 11 is 5.89. The lowest BCUT2D eigenvalue weighted by Gasteiger charge is -2.24. The van der Waals surface area contributed by atoms with Gasteiger partial charge in [0.15, 0.2) is 0 Å². The number of amides is 1. The molecule has 0 aliphatic rings. The predicted molar refractivity (Wildman–Crippen MR) is 80.1 cm³/mol. The standard InChI is InChI=1S/C15H23ClN2O/c1-4-5-13(17)15(19)18-14(10(2)3)11-6-8-12(16)9-7-11/h6-10,13-14H,4-5,17H2,1-3H3,(H,18,19)/t13-,14?/m0/s1. The molecule has 0 bridgehead atoms. The minimum absolute atomic E-state index is 0.0346. The van der Waals surface area contributed by atoms with Gasteiger partial charge in [-0.15, -0.1) is 0 Å². The molecule has 0 radical (unpaired) electrons. The van der Waals surface area contributed by atoms with Crippen LogP contribution >= 0.6 is 11.6 Å². The molecule has 106 valence electrons. The molecule has 0 aliphatic heterocycles. The van der Waals surface area contributed by atoms with Gasteiger partial charge in [0.05, 0.1) is 12.1 Å². The van der Waals surface area contributed by atoms with Gasteiger partial charge < -0.3 is 11.1 Å². The van der Waals surface area contributed by atoms with Crippen LogP contribution in [-0.4, -0.2) is 11.9 Å². The number of hydrogen-bond donors (Lipinski definition) is 2. The first kappa shape index (κ1) is 16.0. The number of benzene rings is 1. The minimum atomic E-state index is -0.432. The van der Waals surface area contributed by atoms with Gasteiger partial charge in [-0.1, -0.05) is 50.9 Å². The van der Waals surface area contributed by atoms with E-state index in [1.807, 2.05) is 31.2 Å². The monoisotopic (exact) mass is 282 g/mol. The van der Waals surface area contributed by atoms with Gasteiger partial charge in [-0.25, -0.2) is 0 Å². The number of nitrogens with two attached hydrogens (primary N) is 1. The zero-order chi connectivity index (χ0) is 14.4. The second-order valence-corrected chi connectivity index (χ2v) is 5.61. The normalized spacial score (nSPS) is 14.2. The van der Waals surface area contributed by atoms with Crippen LogP contribution < -0.4 is 11.1 Å². The van der Waals surface area contributed by atoms with Crippen LogP contribution in [0.15, 0.2) is 24.3 Å². The number of carbonyl (C=O) groups is 1. The lowest BCUT2D eigenvalue weighted by Crippen LogP contribution is -2.43. The van der Waals surface area contributed by atoms with Gasteiger partial charge >= 0.3 is 0 Å². The van der Waals surface area contributed by atoms with Crippen LogP contribution in [0.1, 0.15) is 45.2 Å². The molecule has 1 aromatic rings. The number of hydrogen-bond acceptors (Lipinski definition) is 2. The smallest absolute Gasteiger partial charge is 0.237 e. The Morgan fingerprint density at radius 1 is 1.32 bits per heavy atom. The minimum Gasteiger partial charge on any atom is -0.348 e. The fourth-order valence-electron chi connectivity index (χ4n) is 2.01. The Kier molecular flexibility index (Phi) is 6.32. The van der Waals surface area contributed by atoms with E-state index >= 15 is 0 Å². The van der Waals surface area contributed by atoms with E-state index < -0.39 is 6.04 Å². The first-order chi connectivity index (χ1) is 8.95. The molecule has 2 atom stereocenters. The highest BCUT2D eigenvalue weighted by Gasteiger charge is 2.21. The molecule has 3 nitrogen and oxygen atoms in total. The number of halogens is 1. The summed E-state index contributed by atoms with van der Waals surface area (Å²) in [5.74, 6) is 0.203. The highest BCUT2D eigenvalue weighted by molar-refractivity contribution is 6.30. The highest BCUT2D eigenvalue weighted by atomic mass is 35.5. The number of nitrogens with one attached hydrogen (secondary N) is 1. The quantitative estimate of drug-likeness (QED) is 0.841. The maximum absolute atomic E-state index is 12.0. The molecule has 0 spiro atoms. The van der Waals surface area contributed by atoms with Gasteiger partial charge in [0.25, 0.3) is 0 Å². The Balaban J connectivity index is 2.79. The van der Waals surface area contributed by atoms with Crippen molar-refractivity contribution in [3.8, 4) is 0 Å². The molecule has 0 aliphatic carbocycles. The zero-order valence-electron chi connectivity index (χ0n) is 11.8. The molecule has 0 saturated heterocycles. The molecule has 3 N–H and O–H groups in total. The van der Waals surface area contributed by atoms with Crippen molar-refractivity contribution in [2.75, 3.05) is 0 Å². The van der Waals surface area contributed by atoms with Crippen molar-refractivity contribution in [2.24, 2.45) is 11.7 Å².